The van der Waals surface area contributed by atoms with E-state index in [9.17, 15) is 4.79 Å². The van der Waals surface area contributed by atoms with Gasteiger partial charge in [-0.15, -0.1) is 0 Å². The lowest BCUT2D eigenvalue weighted by Gasteiger charge is -2.24. The molecular weight excluding hydrogens is 178 g/mol. The van der Waals surface area contributed by atoms with E-state index in [0.29, 0.717) is 6.04 Å². The molecule has 3 heteroatoms. The number of carbonyl (C=O) groups excluding carboxylic acids is 1. The normalized spacial score (nSPS) is 13.8. The molecule has 0 amide bonds. The van der Waals surface area contributed by atoms with Gasteiger partial charge < -0.3 is 10.1 Å². The summed E-state index contributed by atoms with van der Waals surface area (Å²) in [6.45, 7) is 11.8. The zero-order valence-electron chi connectivity index (χ0n) is 10.1. The van der Waals surface area contributed by atoms with E-state index in [1.807, 2.05) is 41.5 Å². The lowest BCUT2D eigenvalue weighted by molar-refractivity contribution is -0.151. The Kier molecular flexibility index (Phi) is 5.77. The van der Waals surface area contributed by atoms with Crippen molar-refractivity contribution in [3.63, 3.8) is 0 Å². The Hall–Kier alpha value is -0.570. The fourth-order valence-corrected chi connectivity index (χ4v) is 1.20. The van der Waals surface area contributed by atoms with Crippen molar-refractivity contribution in [2.24, 2.45) is 5.92 Å². The molecule has 0 saturated carbocycles. The Labute approximate surface area is 87.2 Å². The van der Waals surface area contributed by atoms with E-state index >= 15 is 0 Å². The zero-order valence-corrected chi connectivity index (χ0v) is 10.1. The third kappa shape index (κ3) is 5.22. The molecule has 0 spiro atoms. The average molecular weight is 201 g/mol. The summed E-state index contributed by atoms with van der Waals surface area (Å²) in [4.78, 5) is 11.6. The maximum atomic E-state index is 11.6. The van der Waals surface area contributed by atoms with Crippen molar-refractivity contribution in [3.05, 3.63) is 0 Å². The molecule has 0 aliphatic rings. The summed E-state index contributed by atoms with van der Waals surface area (Å²) in [6.07, 6.45) is -0.0438. The minimum atomic E-state index is -0.197. The van der Waals surface area contributed by atoms with Crippen LogP contribution in [0, 0.1) is 5.92 Å². The van der Waals surface area contributed by atoms with Crippen molar-refractivity contribution < 1.29 is 9.53 Å². The molecule has 1 N–H and O–H groups in total. The molecule has 1 atom stereocenters. The van der Waals surface area contributed by atoms with Gasteiger partial charge in [0.15, 0.2) is 0 Å². The summed E-state index contributed by atoms with van der Waals surface area (Å²) >= 11 is 0. The molecule has 0 fully saturated rings. The van der Waals surface area contributed by atoms with Gasteiger partial charge in [0.05, 0.1) is 6.10 Å². The first-order valence-electron chi connectivity index (χ1n) is 5.31. The molecule has 3 nitrogen and oxygen atoms in total. The lowest BCUT2D eigenvalue weighted by Crippen LogP contribution is -2.46. The third-order valence-corrected chi connectivity index (χ3v) is 1.79. The molecule has 0 aromatic heterocycles. The van der Waals surface area contributed by atoms with Gasteiger partial charge in [0.1, 0.15) is 6.04 Å². The van der Waals surface area contributed by atoms with Crippen molar-refractivity contribution in [2.75, 3.05) is 0 Å². The average Bonchev–Trinajstić information content (AvgIpc) is 1.97. The standard InChI is InChI=1S/C11H23NO2/c1-7(2)10(12-8(3)4)11(13)14-9(5)6/h7-10,12H,1-6H3/t10-/m0/s1. The van der Waals surface area contributed by atoms with E-state index in [-0.39, 0.29) is 24.0 Å². The van der Waals surface area contributed by atoms with Gasteiger partial charge in [0, 0.05) is 6.04 Å². The van der Waals surface area contributed by atoms with Crippen molar-refractivity contribution in [3.8, 4) is 0 Å². The largest absolute Gasteiger partial charge is 0.462 e. The summed E-state index contributed by atoms with van der Waals surface area (Å²) in [5.74, 6) is 0.104. The first-order chi connectivity index (χ1) is 6.34. The summed E-state index contributed by atoms with van der Waals surface area (Å²) in [5, 5.41) is 3.21. The van der Waals surface area contributed by atoms with Crippen LogP contribution in [0.5, 0.6) is 0 Å². The smallest absolute Gasteiger partial charge is 0.323 e. The third-order valence-electron chi connectivity index (χ3n) is 1.79. The van der Waals surface area contributed by atoms with Gasteiger partial charge in [-0.3, -0.25) is 4.79 Å². The summed E-state index contributed by atoms with van der Waals surface area (Å²) in [6, 6.07) is 0.0968. The van der Waals surface area contributed by atoms with Gasteiger partial charge >= 0.3 is 5.97 Å². The monoisotopic (exact) mass is 201 g/mol. The Bertz CT molecular complexity index is 176. The van der Waals surface area contributed by atoms with E-state index in [1.54, 1.807) is 0 Å². The fraction of sp³-hybridized carbons (Fsp3) is 0.909. The second kappa shape index (κ2) is 6.02. The molecule has 0 radical (unpaired) electrons. The number of rotatable bonds is 5. The highest BCUT2D eigenvalue weighted by molar-refractivity contribution is 5.76. The van der Waals surface area contributed by atoms with Gasteiger partial charge in [0.2, 0.25) is 0 Å². The van der Waals surface area contributed by atoms with E-state index in [4.69, 9.17) is 4.74 Å². The van der Waals surface area contributed by atoms with Crippen LogP contribution in [-0.2, 0) is 9.53 Å². The van der Waals surface area contributed by atoms with E-state index in [1.165, 1.54) is 0 Å². The molecule has 0 heterocycles. The molecule has 0 bridgehead atoms. The Morgan fingerprint density at radius 1 is 1.07 bits per heavy atom. The number of carbonyl (C=O) groups is 1. The number of hydrogen-bond acceptors (Lipinski definition) is 3. The number of esters is 1. The quantitative estimate of drug-likeness (QED) is 0.691. The topological polar surface area (TPSA) is 38.3 Å². The van der Waals surface area contributed by atoms with Crippen LogP contribution < -0.4 is 5.32 Å². The Morgan fingerprint density at radius 3 is 1.86 bits per heavy atom. The maximum absolute atomic E-state index is 11.6. The Morgan fingerprint density at radius 2 is 1.57 bits per heavy atom. The van der Waals surface area contributed by atoms with Crippen LogP contribution in [-0.4, -0.2) is 24.2 Å². The highest BCUT2D eigenvalue weighted by Crippen LogP contribution is 2.06. The lowest BCUT2D eigenvalue weighted by atomic mass is 10.0. The van der Waals surface area contributed by atoms with Crippen LogP contribution in [0.2, 0.25) is 0 Å². The molecule has 0 aliphatic carbocycles. The number of hydrogen-bond donors (Lipinski definition) is 1. The van der Waals surface area contributed by atoms with Crippen LogP contribution in [0.25, 0.3) is 0 Å². The first-order valence-corrected chi connectivity index (χ1v) is 5.31. The fourth-order valence-electron chi connectivity index (χ4n) is 1.20. The van der Waals surface area contributed by atoms with Crippen molar-refractivity contribution in [1.82, 2.24) is 5.32 Å². The zero-order chi connectivity index (χ0) is 11.3. The molecule has 0 rings (SSSR count). The van der Waals surface area contributed by atoms with Gasteiger partial charge in [-0.05, 0) is 19.8 Å². The summed E-state index contributed by atoms with van der Waals surface area (Å²) in [7, 11) is 0. The summed E-state index contributed by atoms with van der Waals surface area (Å²) in [5.41, 5.74) is 0. The minimum absolute atomic E-state index is 0.0438. The van der Waals surface area contributed by atoms with Crippen molar-refractivity contribution in [2.45, 2.75) is 59.7 Å². The van der Waals surface area contributed by atoms with E-state index < -0.39 is 0 Å². The highest BCUT2D eigenvalue weighted by Gasteiger charge is 2.24. The summed E-state index contributed by atoms with van der Waals surface area (Å²) < 4.78 is 5.17. The second-order valence-corrected chi connectivity index (χ2v) is 4.53. The van der Waals surface area contributed by atoms with Crippen molar-refractivity contribution >= 4 is 5.97 Å². The predicted molar refractivity (Wildman–Crippen MR) is 58.1 cm³/mol. The first kappa shape index (κ1) is 13.4. The van der Waals surface area contributed by atoms with Gasteiger partial charge in [-0.25, -0.2) is 0 Å². The van der Waals surface area contributed by atoms with Crippen molar-refractivity contribution in [1.29, 1.82) is 0 Å². The van der Waals surface area contributed by atoms with Crippen LogP contribution in [0.15, 0.2) is 0 Å². The van der Waals surface area contributed by atoms with E-state index in [0.717, 1.165) is 0 Å². The van der Waals surface area contributed by atoms with Gasteiger partial charge in [-0.1, -0.05) is 27.7 Å². The second-order valence-electron chi connectivity index (χ2n) is 4.53. The SMILES string of the molecule is CC(C)N[C@H](C(=O)OC(C)C)C(C)C. The molecule has 0 saturated heterocycles. The van der Waals surface area contributed by atoms with Crippen LogP contribution in [0.4, 0.5) is 0 Å². The molecule has 0 aliphatic heterocycles. The minimum Gasteiger partial charge on any atom is -0.462 e. The molecule has 14 heavy (non-hydrogen) atoms. The molecule has 84 valence electrons. The van der Waals surface area contributed by atoms with Gasteiger partial charge in [-0.2, -0.15) is 0 Å². The molecule has 0 aromatic carbocycles. The van der Waals surface area contributed by atoms with E-state index in [2.05, 4.69) is 5.32 Å². The van der Waals surface area contributed by atoms with Crippen LogP contribution in [0.1, 0.15) is 41.5 Å². The molecule has 0 aromatic rings. The van der Waals surface area contributed by atoms with Crippen LogP contribution in [0.3, 0.4) is 0 Å². The molecular formula is C11H23NO2. The highest BCUT2D eigenvalue weighted by atomic mass is 16.5. The molecule has 0 unspecified atom stereocenters. The maximum Gasteiger partial charge on any atom is 0.323 e. The number of nitrogens with one attached hydrogen (secondary N) is 1. The predicted octanol–water partition coefficient (Wildman–Crippen LogP) is 1.96. The Balaban J connectivity index is 4.26. The van der Waals surface area contributed by atoms with Crippen LogP contribution >= 0.6 is 0 Å². The number of ether oxygens (including phenoxy) is 1. The van der Waals surface area contributed by atoms with Gasteiger partial charge in [0.25, 0.3) is 0 Å².